The Morgan fingerprint density at radius 2 is 2.06 bits per heavy atom. The highest BCUT2D eigenvalue weighted by molar-refractivity contribution is 9.10. The van der Waals surface area contributed by atoms with Crippen molar-refractivity contribution in [3.63, 3.8) is 0 Å². The van der Waals surface area contributed by atoms with Crippen molar-refractivity contribution in [1.82, 2.24) is 4.98 Å². The monoisotopic (exact) mass is 306 g/mol. The average Bonchev–Trinajstić information content (AvgIpc) is 2.39. The summed E-state index contributed by atoms with van der Waals surface area (Å²) >= 11 is 3.35. The van der Waals surface area contributed by atoms with Gasteiger partial charge in [0, 0.05) is 10.7 Å². The highest BCUT2D eigenvalue weighted by atomic mass is 79.9. The molecule has 4 heteroatoms. The first-order valence-electron chi connectivity index (χ1n) is 5.79. The van der Waals surface area contributed by atoms with Gasteiger partial charge in [0.2, 0.25) is 0 Å². The molecule has 94 valence electrons. The molecule has 1 heterocycles. The van der Waals surface area contributed by atoms with E-state index in [-0.39, 0.29) is 0 Å². The van der Waals surface area contributed by atoms with Crippen LogP contribution in [0.1, 0.15) is 5.56 Å². The molecule has 0 atom stereocenters. The maximum Gasteiger partial charge on any atom is 0.126 e. The van der Waals surface area contributed by atoms with Crippen LogP contribution in [0.5, 0.6) is 5.75 Å². The number of rotatable bonds is 5. The summed E-state index contributed by atoms with van der Waals surface area (Å²) in [6.45, 7) is 3.38. The van der Waals surface area contributed by atoms with E-state index in [4.69, 9.17) is 4.74 Å². The van der Waals surface area contributed by atoms with Crippen molar-refractivity contribution in [1.29, 1.82) is 0 Å². The molecule has 0 saturated carbocycles. The zero-order valence-corrected chi connectivity index (χ0v) is 11.8. The molecule has 0 radical (unpaired) electrons. The van der Waals surface area contributed by atoms with Crippen molar-refractivity contribution in [2.24, 2.45) is 0 Å². The molecule has 0 aliphatic heterocycles. The number of nitrogens with one attached hydrogen (secondary N) is 1. The van der Waals surface area contributed by atoms with Gasteiger partial charge >= 0.3 is 0 Å². The normalized spacial score (nSPS) is 10.1. The second kappa shape index (κ2) is 6.40. The number of halogens is 1. The van der Waals surface area contributed by atoms with E-state index in [9.17, 15) is 0 Å². The summed E-state index contributed by atoms with van der Waals surface area (Å²) in [4.78, 5) is 4.23. The Labute approximate surface area is 115 Å². The molecule has 1 aromatic heterocycles. The number of pyridine rings is 1. The van der Waals surface area contributed by atoms with E-state index in [1.54, 1.807) is 6.20 Å². The number of aryl methyl sites for hydroxylation is 1. The van der Waals surface area contributed by atoms with Gasteiger partial charge in [0.15, 0.2) is 0 Å². The van der Waals surface area contributed by atoms with Crippen LogP contribution in [0.25, 0.3) is 0 Å². The minimum Gasteiger partial charge on any atom is -0.491 e. The molecular weight excluding hydrogens is 292 g/mol. The smallest absolute Gasteiger partial charge is 0.126 e. The lowest BCUT2D eigenvalue weighted by atomic mass is 10.2. The van der Waals surface area contributed by atoms with Gasteiger partial charge in [-0.05, 0) is 46.6 Å². The van der Waals surface area contributed by atoms with E-state index in [2.05, 4.69) is 26.2 Å². The molecule has 0 bridgehead atoms. The lowest BCUT2D eigenvalue weighted by molar-refractivity contribution is 0.330. The molecule has 0 aliphatic rings. The number of nitrogens with zero attached hydrogens (tertiary/aromatic N) is 1. The predicted octanol–water partition coefficient (Wildman–Crippen LogP) is 3.64. The van der Waals surface area contributed by atoms with Crippen LogP contribution in [0.4, 0.5) is 5.82 Å². The second-order valence-corrected chi connectivity index (χ2v) is 4.82. The van der Waals surface area contributed by atoms with E-state index >= 15 is 0 Å². The fourth-order valence-corrected chi connectivity index (χ4v) is 1.77. The van der Waals surface area contributed by atoms with E-state index in [0.29, 0.717) is 6.61 Å². The number of hydrogen-bond acceptors (Lipinski definition) is 3. The van der Waals surface area contributed by atoms with Gasteiger partial charge in [0.25, 0.3) is 0 Å². The number of para-hydroxylation sites is 1. The maximum absolute atomic E-state index is 5.68. The molecule has 0 spiro atoms. The maximum atomic E-state index is 5.68. The summed E-state index contributed by atoms with van der Waals surface area (Å²) in [5.74, 6) is 1.79. The quantitative estimate of drug-likeness (QED) is 0.856. The van der Waals surface area contributed by atoms with Crippen molar-refractivity contribution in [3.8, 4) is 5.75 Å². The summed E-state index contributed by atoms with van der Waals surface area (Å²) < 4.78 is 6.66. The molecule has 0 aliphatic carbocycles. The Morgan fingerprint density at radius 3 is 2.78 bits per heavy atom. The molecule has 2 aromatic rings. The third-order valence-electron chi connectivity index (χ3n) is 2.49. The van der Waals surface area contributed by atoms with Crippen molar-refractivity contribution in [2.75, 3.05) is 18.5 Å². The molecule has 0 saturated heterocycles. The van der Waals surface area contributed by atoms with E-state index < -0.39 is 0 Å². The topological polar surface area (TPSA) is 34.1 Å². The average molecular weight is 307 g/mol. The third-order valence-corrected chi connectivity index (χ3v) is 2.96. The first-order chi connectivity index (χ1) is 8.75. The lowest BCUT2D eigenvalue weighted by Gasteiger charge is -2.09. The Balaban J connectivity index is 1.76. The number of benzene rings is 1. The molecule has 0 fully saturated rings. The summed E-state index contributed by atoms with van der Waals surface area (Å²) in [5.41, 5.74) is 1.15. The van der Waals surface area contributed by atoms with Gasteiger partial charge in [0.05, 0.1) is 6.54 Å². The first-order valence-corrected chi connectivity index (χ1v) is 6.59. The number of anilines is 1. The molecule has 2 rings (SSSR count). The summed E-state index contributed by atoms with van der Waals surface area (Å²) in [5, 5.41) is 3.20. The van der Waals surface area contributed by atoms with Crippen molar-refractivity contribution < 1.29 is 4.74 Å². The molecule has 18 heavy (non-hydrogen) atoms. The van der Waals surface area contributed by atoms with Crippen LogP contribution in [0, 0.1) is 6.92 Å². The molecule has 3 nitrogen and oxygen atoms in total. The molecule has 1 N–H and O–H groups in total. The Kier molecular flexibility index (Phi) is 4.59. The molecule has 1 aromatic carbocycles. The number of ether oxygens (including phenoxy) is 1. The van der Waals surface area contributed by atoms with Crippen LogP contribution in [-0.2, 0) is 0 Å². The van der Waals surface area contributed by atoms with Crippen molar-refractivity contribution in [2.45, 2.75) is 6.92 Å². The number of aromatic nitrogens is 1. The molecule has 0 unspecified atom stereocenters. The minimum atomic E-state index is 0.614. The molecule has 0 amide bonds. The highest BCUT2D eigenvalue weighted by Gasteiger charge is 1.97. The summed E-state index contributed by atoms with van der Waals surface area (Å²) in [6.07, 6.45) is 1.77. The van der Waals surface area contributed by atoms with E-state index in [1.807, 2.05) is 43.3 Å². The van der Waals surface area contributed by atoms with Gasteiger partial charge in [-0.15, -0.1) is 0 Å². The van der Waals surface area contributed by atoms with Crippen LogP contribution in [0.15, 0.2) is 47.1 Å². The SMILES string of the molecule is Cc1ccccc1OCCNc1ccc(Br)cn1. The molecular formula is C14H15BrN2O. The van der Waals surface area contributed by atoms with Gasteiger partial charge in [-0.2, -0.15) is 0 Å². The van der Waals surface area contributed by atoms with Crippen molar-refractivity contribution >= 4 is 21.7 Å². The second-order valence-electron chi connectivity index (χ2n) is 3.90. The summed E-state index contributed by atoms with van der Waals surface area (Å²) in [6, 6.07) is 11.9. The van der Waals surface area contributed by atoms with Crippen LogP contribution in [0.3, 0.4) is 0 Å². The van der Waals surface area contributed by atoms with Crippen LogP contribution in [-0.4, -0.2) is 18.1 Å². The van der Waals surface area contributed by atoms with Crippen molar-refractivity contribution in [3.05, 3.63) is 52.6 Å². The largest absolute Gasteiger partial charge is 0.491 e. The zero-order valence-electron chi connectivity index (χ0n) is 10.2. The van der Waals surface area contributed by atoms with Gasteiger partial charge in [-0.25, -0.2) is 4.98 Å². The van der Waals surface area contributed by atoms with Gasteiger partial charge in [0.1, 0.15) is 18.2 Å². The van der Waals surface area contributed by atoms with E-state index in [0.717, 1.165) is 28.1 Å². The van der Waals surface area contributed by atoms with Crippen LogP contribution < -0.4 is 10.1 Å². The Bertz CT molecular complexity index is 499. The van der Waals surface area contributed by atoms with Gasteiger partial charge < -0.3 is 10.1 Å². The number of hydrogen-bond donors (Lipinski definition) is 1. The van der Waals surface area contributed by atoms with Gasteiger partial charge in [-0.3, -0.25) is 0 Å². The fraction of sp³-hybridized carbons (Fsp3) is 0.214. The fourth-order valence-electron chi connectivity index (χ4n) is 1.54. The summed E-state index contributed by atoms with van der Waals surface area (Å²) in [7, 11) is 0. The van der Waals surface area contributed by atoms with E-state index in [1.165, 1.54) is 0 Å². The zero-order chi connectivity index (χ0) is 12.8. The standard InChI is InChI=1S/C14H15BrN2O/c1-11-4-2-3-5-13(11)18-9-8-16-14-7-6-12(15)10-17-14/h2-7,10H,8-9H2,1H3,(H,16,17). The highest BCUT2D eigenvalue weighted by Crippen LogP contribution is 2.16. The lowest BCUT2D eigenvalue weighted by Crippen LogP contribution is -2.12. The van der Waals surface area contributed by atoms with Gasteiger partial charge in [-0.1, -0.05) is 18.2 Å². The predicted molar refractivity (Wildman–Crippen MR) is 77.1 cm³/mol. The third kappa shape index (κ3) is 3.74. The first kappa shape index (κ1) is 12.9. The van der Waals surface area contributed by atoms with Crippen LogP contribution in [0.2, 0.25) is 0 Å². The Morgan fingerprint density at radius 1 is 1.22 bits per heavy atom. The minimum absolute atomic E-state index is 0.614. The van der Waals surface area contributed by atoms with Crippen LogP contribution >= 0.6 is 15.9 Å². The Hall–Kier alpha value is -1.55.